The van der Waals surface area contributed by atoms with E-state index < -0.39 is 0 Å². The summed E-state index contributed by atoms with van der Waals surface area (Å²) in [4.78, 5) is 13.2. The number of ether oxygens (including phenoxy) is 1. The Kier molecular flexibility index (Phi) is 4.91. The van der Waals surface area contributed by atoms with E-state index in [2.05, 4.69) is 0 Å². The van der Waals surface area contributed by atoms with Crippen LogP contribution in [0.4, 0.5) is 4.79 Å². The molecule has 0 aliphatic rings. The standard InChI is InChI=1S/C10H21NO3/c1-8(2)11(10(3,4)5)9(13)14-7-6-12/h8,12H,6-7H2,1-5H3. The number of aliphatic hydroxyl groups excluding tert-OH is 1. The maximum absolute atomic E-state index is 11.6. The Morgan fingerprint density at radius 1 is 1.43 bits per heavy atom. The van der Waals surface area contributed by atoms with E-state index in [1.807, 2.05) is 34.6 Å². The van der Waals surface area contributed by atoms with Crippen molar-refractivity contribution in [2.24, 2.45) is 0 Å². The molecule has 0 aromatic rings. The van der Waals surface area contributed by atoms with Crippen LogP contribution in [0.3, 0.4) is 0 Å². The molecule has 0 atom stereocenters. The van der Waals surface area contributed by atoms with Crippen LogP contribution in [-0.4, -0.2) is 40.9 Å². The zero-order valence-electron chi connectivity index (χ0n) is 9.70. The molecule has 0 aliphatic carbocycles. The fraction of sp³-hybridized carbons (Fsp3) is 0.900. The fourth-order valence-electron chi connectivity index (χ4n) is 1.46. The first kappa shape index (κ1) is 13.2. The number of hydrogen-bond acceptors (Lipinski definition) is 3. The van der Waals surface area contributed by atoms with Crippen molar-refractivity contribution < 1.29 is 14.6 Å². The molecule has 0 bridgehead atoms. The highest BCUT2D eigenvalue weighted by atomic mass is 16.6. The molecular formula is C10H21NO3. The molecule has 0 spiro atoms. The van der Waals surface area contributed by atoms with Crippen molar-refractivity contribution in [3.05, 3.63) is 0 Å². The van der Waals surface area contributed by atoms with E-state index in [9.17, 15) is 4.79 Å². The van der Waals surface area contributed by atoms with Gasteiger partial charge in [-0.25, -0.2) is 4.79 Å². The van der Waals surface area contributed by atoms with Crippen LogP contribution < -0.4 is 0 Å². The van der Waals surface area contributed by atoms with Gasteiger partial charge in [0.05, 0.1) is 6.61 Å². The smallest absolute Gasteiger partial charge is 0.410 e. The van der Waals surface area contributed by atoms with Gasteiger partial charge in [-0.05, 0) is 34.6 Å². The van der Waals surface area contributed by atoms with E-state index >= 15 is 0 Å². The van der Waals surface area contributed by atoms with Crippen LogP contribution in [0.15, 0.2) is 0 Å². The summed E-state index contributed by atoms with van der Waals surface area (Å²) in [5.74, 6) is 0. The van der Waals surface area contributed by atoms with Crippen LogP contribution >= 0.6 is 0 Å². The third kappa shape index (κ3) is 3.96. The van der Waals surface area contributed by atoms with Gasteiger partial charge in [-0.15, -0.1) is 0 Å². The van der Waals surface area contributed by atoms with Gasteiger partial charge in [0.15, 0.2) is 0 Å². The van der Waals surface area contributed by atoms with E-state index in [-0.39, 0.29) is 30.9 Å². The van der Waals surface area contributed by atoms with Crippen molar-refractivity contribution in [2.45, 2.75) is 46.2 Å². The van der Waals surface area contributed by atoms with E-state index in [0.717, 1.165) is 0 Å². The van der Waals surface area contributed by atoms with Crippen molar-refractivity contribution >= 4 is 6.09 Å². The molecule has 0 unspecified atom stereocenters. The van der Waals surface area contributed by atoms with Gasteiger partial charge in [0.1, 0.15) is 6.61 Å². The maximum Gasteiger partial charge on any atom is 0.410 e. The van der Waals surface area contributed by atoms with Crippen LogP contribution in [0.2, 0.25) is 0 Å². The molecular weight excluding hydrogens is 182 g/mol. The number of hydrogen-bond donors (Lipinski definition) is 1. The summed E-state index contributed by atoms with van der Waals surface area (Å²) in [5, 5.41) is 8.54. The SMILES string of the molecule is CC(C)N(C(=O)OCCO)C(C)(C)C. The van der Waals surface area contributed by atoms with Gasteiger partial charge in [0.2, 0.25) is 0 Å². The Labute approximate surface area is 85.9 Å². The number of rotatable bonds is 3. The molecule has 0 saturated heterocycles. The minimum Gasteiger partial charge on any atom is -0.447 e. The maximum atomic E-state index is 11.6. The Morgan fingerprint density at radius 2 is 1.93 bits per heavy atom. The van der Waals surface area contributed by atoms with Crippen LogP contribution in [0.1, 0.15) is 34.6 Å². The summed E-state index contributed by atoms with van der Waals surface area (Å²) in [6.45, 7) is 9.64. The molecule has 0 aromatic heterocycles. The zero-order valence-corrected chi connectivity index (χ0v) is 9.70. The van der Waals surface area contributed by atoms with Crippen LogP contribution in [0.25, 0.3) is 0 Å². The average Bonchev–Trinajstić information content (AvgIpc) is 1.97. The summed E-state index contributed by atoms with van der Waals surface area (Å²) < 4.78 is 4.88. The summed E-state index contributed by atoms with van der Waals surface area (Å²) in [7, 11) is 0. The van der Waals surface area contributed by atoms with Crippen LogP contribution in [0, 0.1) is 0 Å². The van der Waals surface area contributed by atoms with Gasteiger partial charge in [-0.2, -0.15) is 0 Å². The molecule has 0 heterocycles. The molecule has 0 aliphatic heterocycles. The minimum absolute atomic E-state index is 0.0537. The van der Waals surface area contributed by atoms with Crippen molar-refractivity contribution in [1.82, 2.24) is 4.90 Å². The van der Waals surface area contributed by atoms with Crippen molar-refractivity contribution in [1.29, 1.82) is 0 Å². The predicted molar refractivity (Wildman–Crippen MR) is 55.2 cm³/mol. The Balaban J connectivity index is 4.43. The Morgan fingerprint density at radius 3 is 2.21 bits per heavy atom. The van der Waals surface area contributed by atoms with E-state index in [4.69, 9.17) is 9.84 Å². The minimum atomic E-state index is -0.374. The topological polar surface area (TPSA) is 49.8 Å². The van der Waals surface area contributed by atoms with E-state index in [0.29, 0.717) is 0 Å². The quantitative estimate of drug-likeness (QED) is 0.758. The van der Waals surface area contributed by atoms with Crippen molar-refractivity contribution in [3.63, 3.8) is 0 Å². The highest BCUT2D eigenvalue weighted by molar-refractivity contribution is 5.68. The third-order valence-electron chi connectivity index (χ3n) is 1.75. The van der Waals surface area contributed by atoms with Gasteiger partial charge >= 0.3 is 6.09 Å². The molecule has 0 rings (SSSR count). The summed E-state index contributed by atoms with van der Waals surface area (Å²) >= 11 is 0. The largest absolute Gasteiger partial charge is 0.447 e. The second-order valence-corrected chi connectivity index (χ2v) is 4.47. The second kappa shape index (κ2) is 5.20. The second-order valence-electron chi connectivity index (χ2n) is 4.47. The van der Waals surface area contributed by atoms with E-state index in [1.165, 1.54) is 0 Å². The lowest BCUT2D eigenvalue weighted by Crippen LogP contribution is -2.50. The van der Waals surface area contributed by atoms with Gasteiger partial charge in [-0.1, -0.05) is 0 Å². The highest BCUT2D eigenvalue weighted by Gasteiger charge is 2.29. The normalized spacial score (nSPS) is 11.6. The Hall–Kier alpha value is -0.770. The molecule has 0 radical (unpaired) electrons. The predicted octanol–water partition coefficient (Wildman–Crippen LogP) is 1.62. The molecule has 0 saturated carbocycles. The number of nitrogens with zero attached hydrogens (tertiary/aromatic N) is 1. The van der Waals surface area contributed by atoms with Crippen molar-refractivity contribution in [3.8, 4) is 0 Å². The summed E-state index contributed by atoms with van der Waals surface area (Å²) in [6, 6.07) is 0.0844. The van der Waals surface area contributed by atoms with Gasteiger partial charge < -0.3 is 14.7 Å². The third-order valence-corrected chi connectivity index (χ3v) is 1.75. The molecule has 1 amide bonds. The molecule has 14 heavy (non-hydrogen) atoms. The van der Waals surface area contributed by atoms with Gasteiger partial charge in [-0.3, -0.25) is 0 Å². The van der Waals surface area contributed by atoms with Gasteiger partial charge in [0, 0.05) is 11.6 Å². The first-order valence-electron chi connectivity index (χ1n) is 4.87. The first-order valence-corrected chi connectivity index (χ1v) is 4.87. The number of carbonyl (C=O) groups excluding carboxylic acids is 1. The molecule has 4 nitrogen and oxygen atoms in total. The molecule has 0 fully saturated rings. The lowest BCUT2D eigenvalue weighted by molar-refractivity contribution is 0.0423. The molecule has 4 heteroatoms. The zero-order chi connectivity index (χ0) is 11.4. The van der Waals surface area contributed by atoms with Crippen LogP contribution in [0.5, 0.6) is 0 Å². The monoisotopic (exact) mass is 203 g/mol. The van der Waals surface area contributed by atoms with Gasteiger partial charge in [0.25, 0.3) is 0 Å². The lowest BCUT2D eigenvalue weighted by Gasteiger charge is -2.37. The van der Waals surface area contributed by atoms with Crippen LogP contribution in [-0.2, 0) is 4.74 Å². The molecule has 84 valence electrons. The Bertz CT molecular complexity index is 184. The summed E-state index contributed by atoms with van der Waals surface area (Å²) in [6.07, 6.45) is -0.374. The molecule has 1 N–H and O–H groups in total. The fourth-order valence-corrected chi connectivity index (χ4v) is 1.46. The van der Waals surface area contributed by atoms with Crippen molar-refractivity contribution in [2.75, 3.05) is 13.2 Å². The number of amides is 1. The highest BCUT2D eigenvalue weighted by Crippen LogP contribution is 2.17. The lowest BCUT2D eigenvalue weighted by atomic mass is 10.0. The molecule has 0 aromatic carbocycles. The first-order chi connectivity index (χ1) is 6.30. The number of carbonyl (C=O) groups is 1. The number of aliphatic hydroxyl groups is 1. The average molecular weight is 203 g/mol. The summed E-state index contributed by atoms with van der Waals surface area (Å²) in [5.41, 5.74) is -0.263. The van der Waals surface area contributed by atoms with E-state index in [1.54, 1.807) is 4.90 Å².